The second kappa shape index (κ2) is 2.50. The van der Waals surface area contributed by atoms with E-state index in [-0.39, 0.29) is 11.8 Å². The Hall–Kier alpha value is -0.600. The highest BCUT2D eigenvalue weighted by Gasteiger charge is 2.58. The molecule has 0 radical (unpaired) electrons. The molecule has 0 heterocycles. The second-order valence-electron chi connectivity index (χ2n) is 5.50. The van der Waals surface area contributed by atoms with Gasteiger partial charge in [0.1, 0.15) is 6.17 Å². The van der Waals surface area contributed by atoms with E-state index in [1.54, 1.807) is 0 Å². The van der Waals surface area contributed by atoms with E-state index < -0.39 is 17.6 Å². The van der Waals surface area contributed by atoms with Crippen LogP contribution in [0.2, 0.25) is 0 Å². The Labute approximate surface area is 82.5 Å². The molecule has 1 N–H and O–H groups in total. The van der Waals surface area contributed by atoms with Gasteiger partial charge in [0.15, 0.2) is 0 Å². The van der Waals surface area contributed by atoms with Crippen LogP contribution in [-0.4, -0.2) is 17.2 Å². The average Bonchev–Trinajstić information content (AvgIpc) is 2.12. The predicted molar refractivity (Wildman–Crippen MR) is 48.5 cm³/mol. The third-order valence-corrected chi connectivity index (χ3v) is 4.61. The van der Waals surface area contributed by atoms with Gasteiger partial charge in [-0.15, -0.1) is 0 Å². The van der Waals surface area contributed by atoms with Gasteiger partial charge in [-0.05, 0) is 49.9 Å². The minimum Gasteiger partial charge on any atom is -0.481 e. The standard InChI is InChI=1S/C11H15FO2/c12-9-7-1-6-2-8(9)5-11(3-6,4-7)10(13)14/h6-9H,1-5H2,(H,13,14). The Balaban J connectivity index is 1.96. The zero-order valence-electron chi connectivity index (χ0n) is 8.08. The lowest BCUT2D eigenvalue weighted by Crippen LogP contribution is -2.54. The van der Waals surface area contributed by atoms with E-state index in [0.29, 0.717) is 18.8 Å². The quantitative estimate of drug-likeness (QED) is 0.701. The second-order valence-corrected chi connectivity index (χ2v) is 5.50. The Kier molecular flexibility index (Phi) is 1.55. The van der Waals surface area contributed by atoms with Crippen molar-refractivity contribution in [2.75, 3.05) is 0 Å². The number of halogens is 1. The van der Waals surface area contributed by atoms with E-state index in [9.17, 15) is 14.3 Å². The summed E-state index contributed by atoms with van der Waals surface area (Å²) in [6.07, 6.45) is 3.16. The lowest BCUT2D eigenvalue weighted by molar-refractivity contribution is -0.171. The Bertz CT molecular complexity index is 273. The molecule has 0 aromatic rings. The molecule has 0 spiro atoms. The summed E-state index contributed by atoms with van der Waals surface area (Å²) in [7, 11) is 0. The monoisotopic (exact) mass is 198 g/mol. The molecule has 3 heteroatoms. The highest BCUT2D eigenvalue weighted by atomic mass is 19.1. The van der Waals surface area contributed by atoms with Crippen LogP contribution in [-0.2, 0) is 4.79 Å². The molecule has 14 heavy (non-hydrogen) atoms. The van der Waals surface area contributed by atoms with Crippen molar-refractivity contribution in [1.29, 1.82) is 0 Å². The molecule has 2 nitrogen and oxygen atoms in total. The van der Waals surface area contributed by atoms with E-state index >= 15 is 0 Å². The van der Waals surface area contributed by atoms with Gasteiger partial charge in [-0.3, -0.25) is 4.79 Å². The zero-order valence-corrected chi connectivity index (χ0v) is 8.08. The Morgan fingerprint density at radius 3 is 2.29 bits per heavy atom. The molecule has 0 amide bonds. The molecule has 4 bridgehead atoms. The molecule has 0 aliphatic heterocycles. The first-order chi connectivity index (χ1) is 6.61. The largest absolute Gasteiger partial charge is 0.481 e. The van der Waals surface area contributed by atoms with Crippen LogP contribution in [0.4, 0.5) is 4.39 Å². The van der Waals surface area contributed by atoms with Crippen molar-refractivity contribution in [3.05, 3.63) is 0 Å². The predicted octanol–water partition coefficient (Wildman–Crippen LogP) is 2.24. The first kappa shape index (κ1) is 8.69. The minimum atomic E-state index is -0.709. The number of rotatable bonds is 1. The zero-order chi connectivity index (χ0) is 9.92. The summed E-state index contributed by atoms with van der Waals surface area (Å²) in [6.45, 7) is 0. The Morgan fingerprint density at radius 2 is 1.79 bits per heavy atom. The summed E-state index contributed by atoms with van der Waals surface area (Å²) >= 11 is 0. The molecule has 4 aliphatic carbocycles. The fourth-order valence-corrected chi connectivity index (χ4v) is 4.22. The lowest BCUT2D eigenvalue weighted by Gasteiger charge is -2.56. The highest BCUT2D eigenvalue weighted by molar-refractivity contribution is 5.75. The van der Waals surface area contributed by atoms with Gasteiger partial charge in [-0.2, -0.15) is 0 Å². The van der Waals surface area contributed by atoms with Crippen molar-refractivity contribution in [2.24, 2.45) is 23.2 Å². The summed E-state index contributed by atoms with van der Waals surface area (Å²) in [6, 6.07) is 0. The van der Waals surface area contributed by atoms with E-state index in [2.05, 4.69) is 0 Å². The average molecular weight is 198 g/mol. The van der Waals surface area contributed by atoms with Crippen LogP contribution in [0.3, 0.4) is 0 Å². The van der Waals surface area contributed by atoms with Gasteiger partial charge in [-0.25, -0.2) is 4.39 Å². The van der Waals surface area contributed by atoms with Gasteiger partial charge in [0.2, 0.25) is 0 Å². The summed E-state index contributed by atoms with van der Waals surface area (Å²) in [4.78, 5) is 11.2. The summed E-state index contributed by atoms with van der Waals surface area (Å²) in [5.41, 5.74) is -0.543. The van der Waals surface area contributed by atoms with Crippen molar-refractivity contribution in [1.82, 2.24) is 0 Å². The molecule has 4 aliphatic rings. The summed E-state index contributed by atoms with van der Waals surface area (Å²) in [5, 5.41) is 9.24. The fraction of sp³-hybridized carbons (Fsp3) is 0.909. The van der Waals surface area contributed by atoms with Crippen molar-refractivity contribution in [3.8, 4) is 0 Å². The molecule has 0 saturated heterocycles. The topological polar surface area (TPSA) is 37.3 Å². The molecule has 4 saturated carbocycles. The molecule has 0 aromatic carbocycles. The van der Waals surface area contributed by atoms with E-state index in [1.165, 1.54) is 0 Å². The molecule has 2 unspecified atom stereocenters. The van der Waals surface area contributed by atoms with E-state index in [0.717, 1.165) is 19.3 Å². The van der Waals surface area contributed by atoms with Gasteiger partial charge < -0.3 is 5.11 Å². The van der Waals surface area contributed by atoms with Gasteiger partial charge in [-0.1, -0.05) is 0 Å². The van der Waals surface area contributed by atoms with Gasteiger partial charge >= 0.3 is 5.97 Å². The van der Waals surface area contributed by atoms with Crippen molar-refractivity contribution in [2.45, 2.75) is 38.3 Å². The minimum absolute atomic E-state index is 0.0531. The van der Waals surface area contributed by atoms with Crippen LogP contribution in [0.1, 0.15) is 32.1 Å². The number of carboxylic acid groups (broad SMARTS) is 1. The van der Waals surface area contributed by atoms with Crippen molar-refractivity contribution in [3.63, 3.8) is 0 Å². The number of carboxylic acids is 1. The third kappa shape index (κ3) is 0.931. The van der Waals surface area contributed by atoms with E-state index in [1.807, 2.05) is 0 Å². The van der Waals surface area contributed by atoms with Crippen LogP contribution in [0.5, 0.6) is 0 Å². The normalized spacial score (nSPS) is 54.9. The maximum absolute atomic E-state index is 13.7. The third-order valence-electron chi connectivity index (χ3n) is 4.61. The van der Waals surface area contributed by atoms with E-state index in [4.69, 9.17) is 0 Å². The van der Waals surface area contributed by atoms with Crippen LogP contribution in [0.25, 0.3) is 0 Å². The van der Waals surface area contributed by atoms with Crippen LogP contribution < -0.4 is 0 Å². The molecule has 4 fully saturated rings. The lowest BCUT2D eigenvalue weighted by atomic mass is 9.49. The first-order valence-corrected chi connectivity index (χ1v) is 5.48. The number of alkyl halides is 1. The number of hydrogen-bond acceptors (Lipinski definition) is 1. The molecular weight excluding hydrogens is 183 g/mol. The smallest absolute Gasteiger partial charge is 0.309 e. The van der Waals surface area contributed by atoms with Crippen LogP contribution in [0.15, 0.2) is 0 Å². The molecule has 2 atom stereocenters. The highest BCUT2D eigenvalue weighted by Crippen LogP contribution is 2.60. The number of aliphatic carboxylic acids is 1. The van der Waals surface area contributed by atoms with Crippen molar-refractivity contribution < 1.29 is 14.3 Å². The van der Waals surface area contributed by atoms with Crippen LogP contribution in [0, 0.1) is 23.2 Å². The summed E-state index contributed by atoms with van der Waals surface area (Å²) < 4.78 is 13.7. The number of carbonyl (C=O) groups is 1. The molecular formula is C11H15FO2. The summed E-state index contributed by atoms with van der Waals surface area (Å²) in [5.74, 6) is -0.0749. The Morgan fingerprint density at radius 1 is 1.21 bits per heavy atom. The van der Waals surface area contributed by atoms with Gasteiger partial charge in [0.05, 0.1) is 5.41 Å². The maximum atomic E-state index is 13.7. The fourth-order valence-electron chi connectivity index (χ4n) is 4.22. The van der Waals surface area contributed by atoms with Gasteiger partial charge in [0, 0.05) is 0 Å². The van der Waals surface area contributed by atoms with Gasteiger partial charge in [0.25, 0.3) is 0 Å². The SMILES string of the molecule is O=C(O)C12CC3CC(C1)C(F)C(C3)C2. The van der Waals surface area contributed by atoms with Crippen molar-refractivity contribution >= 4 is 5.97 Å². The molecule has 78 valence electrons. The molecule has 0 aromatic heterocycles. The van der Waals surface area contributed by atoms with Crippen LogP contribution >= 0.6 is 0 Å². The number of hydrogen-bond donors (Lipinski definition) is 1. The first-order valence-electron chi connectivity index (χ1n) is 5.48. The molecule has 4 rings (SSSR count). The maximum Gasteiger partial charge on any atom is 0.309 e.